The lowest BCUT2D eigenvalue weighted by Crippen LogP contribution is -2.54. The van der Waals surface area contributed by atoms with Crippen LogP contribution in [0, 0.1) is 0 Å². The summed E-state index contributed by atoms with van der Waals surface area (Å²) in [5.74, 6) is 0.411. The SMILES string of the molecule is CCCCOc1ccc(/C=C2\C(=O)NC(=O)N(c3ccc(OCCC)c(OCC)c3)C2=O)cc1OC. The maximum atomic E-state index is 13.3. The van der Waals surface area contributed by atoms with Crippen LogP contribution in [0.1, 0.15) is 45.6 Å². The van der Waals surface area contributed by atoms with Gasteiger partial charge in [0.1, 0.15) is 5.57 Å². The molecular weight excluding hydrogens is 464 g/mol. The molecule has 2 aromatic carbocycles. The number of ether oxygens (including phenoxy) is 4. The number of benzene rings is 2. The molecular formula is C27H32N2O7. The predicted octanol–water partition coefficient (Wildman–Crippen LogP) is 4.73. The average Bonchev–Trinajstić information content (AvgIpc) is 2.87. The number of nitrogens with zero attached hydrogens (tertiary/aromatic N) is 1. The largest absolute Gasteiger partial charge is 0.493 e. The molecule has 0 radical (unpaired) electrons. The molecule has 4 amide bonds. The standard InChI is InChI=1S/C27H32N2O7/c1-5-8-14-36-21-11-9-18(16-23(21)33-4)15-20-25(30)28-27(32)29(26(20)31)19-10-12-22(35-13-6-2)24(17-19)34-7-3/h9-12,15-17H,5-8,13-14H2,1-4H3,(H,28,30,32)/b20-15+. The summed E-state index contributed by atoms with van der Waals surface area (Å²) in [6.45, 7) is 7.30. The van der Waals surface area contributed by atoms with Crippen molar-refractivity contribution in [2.24, 2.45) is 0 Å². The van der Waals surface area contributed by atoms with Crippen LogP contribution in [0.4, 0.5) is 10.5 Å². The number of anilines is 1. The minimum Gasteiger partial charge on any atom is -0.493 e. The molecule has 0 aliphatic carbocycles. The van der Waals surface area contributed by atoms with Crippen LogP contribution >= 0.6 is 0 Å². The van der Waals surface area contributed by atoms with E-state index >= 15 is 0 Å². The lowest BCUT2D eigenvalue weighted by Gasteiger charge is -2.27. The van der Waals surface area contributed by atoms with Crippen LogP contribution in [0.2, 0.25) is 0 Å². The van der Waals surface area contributed by atoms with Gasteiger partial charge < -0.3 is 18.9 Å². The highest BCUT2D eigenvalue weighted by Gasteiger charge is 2.37. The fraction of sp³-hybridized carbons (Fsp3) is 0.370. The Balaban J connectivity index is 1.92. The lowest BCUT2D eigenvalue weighted by atomic mass is 10.1. The number of nitrogens with one attached hydrogen (secondary N) is 1. The molecule has 192 valence electrons. The zero-order valence-electron chi connectivity index (χ0n) is 21.1. The van der Waals surface area contributed by atoms with Gasteiger partial charge >= 0.3 is 6.03 Å². The Morgan fingerprint density at radius 2 is 1.56 bits per heavy atom. The summed E-state index contributed by atoms with van der Waals surface area (Å²) in [5, 5.41) is 2.23. The van der Waals surface area contributed by atoms with Crippen LogP contribution in [0.15, 0.2) is 42.0 Å². The van der Waals surface area contributed by atoms with Gasteiger partial charge in [0.2, 0.25) is 0 Å². The van der Waals surface area contributed by atoms with Crippen molar-refractivity contribution in [1.29, 1.82) is 0 Å². The summed E-state index contributed by atoms with van der Waals surface area (Å²) in [6, 6.07) is 9.02. The number of methoxy groups -OCH3 is 1. The normalized spacial score (nSPS) is 14.6. The van der Waals surface area contributed by atoms with E-state index in [0.29, 0.717) is 48.4 Å². The first-order valence-corrected chi connectivity index (χ1v) is 12.0. The van der Waals surface area contributed by atoms with Crippen molar-refractivity contribution in [3.8, 4) is 23.0 Å². The second-order valence-electron chi connectivity index (χ2n) is 7.98. The van der Waals surface area contributed by atoms with Crippen molar-refractivity contribution < 1.29 is 33.3 Å². The van der Waals surface area contributed by atoms with E-state index in [1.165, 1.54) is 13.2 Å². The average molecular weight is 497 g/mol. The Bertz CT molecular complexity index is 1140. The topological polar surface area (TPSA) is 103 Å². The van der Waals surface area contributed by atoms with Crippen molar-refractivity contribution >= 4 is 29.6 Å². The molecule has 0 saturated carbocycles. The molecule has 1 saturated heterocycles. The van der Waals surface area contributed by atoms with Gasteiger partial charge in [0, 0.05) is 6.07 Å². The fourth-order valence-corrected chi connectivity index (χ4v) is 3.51. The molecule has 9 heteroatoms. The lowest BCUT2D eigenvalue weighted by molar-refractivity contribution is -0.122. The molecule has 1 fully saturated rings. The molecule has 1 N–H and O–H groups in total. The molecule has 1 heterocycles. The van der Waals surface area contributed by atoms with Gasteiger partial charge in [-0.2, -0.15) is 0 Å². The molecule has 2 aromatic rings. The third-order valence-electron chi connectivity index (χ3n) is 5.30. The smallest absolute Gasteiger partial charge is 0.335 e. The van der Waals surface area contributed by atoms with Crippen LogP contribution < -0.4 is 29.2 Å². The van der Waals surface area contributed by atoms with Gasteiger partial charge in [0.05, 0.1) is 32.6 Å². The van der Waals surface area contributed by atoms with Gasteiger partial charge in [-0.25, -0.2) is 9.69 Å². The highest BCUT2D eigenvalue weighted by atomic mass is 16.5. The quantitative estimate of drug-likeness (QED) is 0.257. The van der Waals surface area contributed by atoms with Gasteiger partial charge in [-0.3, -0.25) is 14.9 Å². The minimum absolute atomic E-state index is 0.194. The van der Waals surface area contributed by atoms with E-state index in [-0.39, 0.29) is 11.3 Å². The van der Waals surface area contributed by atoms with Crippen LogP contribution in [-0.4, -0.2) is 44.8 Å². The van der Waals surface area contributed by atoms with E-state index in [2.05, 4.69) is 12.2 Å². The number of carbonyl (C=O) groups excluding carboxylic acids is 3. The van der Waals surface area contributed by atoms with Gasteiger partial charge in [0.25, 0.3) is 11.8 Å². The van der Waals surface area contributed by atoms with Gasteiger partial charge in [-0.15, -0.1) is 0 Å². The first-order valence-electron chi connectivity index (χ1n) is 12.0. The molecule has 0 atom stereocenters. The monoisotopic (exact) mass is 496 g/mol. The molecule has 36 heavy (non-hydrogen) atoms. The van der Waals surface area contributed by atoms with E-state index in [9.17, 15) is 14.4 Å². The summed E-state index contributed by atoms with van der Waals surface area (Å²) in [4.78, 5) is 39.5. The molecule has 1 aliphatic rings. The highest BCUT2D eigenvalue weighted by Crippen LogP contribution is 2.34. The Morgan fingerprint density at radius 1 is 0.833 bits per heavy atom. The number of amides is 4. The van der Waals surface area contributed by atoms with Gasteiger partial charge in [-0.1, -0.05) is 26.3 Å². The minimum atomic E-state index is -0.843. The summed E-state index contributed by atoms with van der Waals surface area (Å²) in [6.07, 6.45) is 4.13. The first-order chi connectivity index (χ1) is 17.4. The highest BCUT2D eigenvalue weighted by molar-refractivity contribution is 6.39. The van der Waals surface area contributed by atoms with Crippen LogP contribution in [-0.2, 0) is 9.59 Å². The second kappa shape index (κ2) is 12.6. The number of hydrogen-bond acceptors (Lipinski definition) is 7. The molecule has 0 aromatic heterocycles. The van der Waals surface area contributed by atoms with Crippen LogP contribution in [0.3, 0.4) is 0 Å². The van der Waals surface area contributed by atoms with E-state index in [0.717, 1.165) is 24.2 Å². The number of carbonyl (C=O) groups is 3. The number of unbranched alkanes of at least 4 members (excludes halogenated alkanes) is 1. The summed E-state index contributed by atoms with van der Waals surface area (Å²) < 4.78 is 22.5. The molecule has 0 unspecified atom stereocenters. The van der Waals surface area contributed by atoms with E-state index in [1.807, 2.05) is 13.8 Å². The number of imide groups is 2. The van der Waals surface area contributed by atoms with Gasteiger partial charge in [0.15, 0.2) is 23.0 Å². The molecule has 1 aliphatic heterocycles. The van der Waals surface area contributed by atoms with E-state index in [4.69, 9.17) is 18.9 Å². The third kappa shape index (κ3) is 6.16. The summed E-state index contributed by atoms with van der Waals surface area (Å²) in [7, 11) is 1.52. The summed E-state index contributed by atoms with van der Waals surface area (Å²) in [5.41, 5.74) is 0.599. The molecule has 0 spiro atoms. The fourth-order valence-electron chi connectivity index (χ4n) is 3.51. The second-order valence-corrected chi connectivity index (χ2v) is 7.98. The zero-order valence-corrected chi connectivity index (χ0v) is 21.1. The van der Waals surface area contributed by atoms with Crippen LogP contribution in [0.25, 0.3) is 6.08 Å². The van der Waals surface area contributed by atoms with Crippen LogP contribution in [0.5, 0.6) is 23.0 Å². The van der Waals surface area contributed by atoms with Crippen molar-refractivity contribution in [3.05, 3.63) is 47.5 Å². The Labute approximate surface area is 211 Å². The molecule has 3 rings (SSSR count). The number of rotatable bonds is 12. The summed E-state index contributed by atoms with van der Waals surface area (Å²) >= 11 is 0. The van der Waals surface area contributed by atoms with Crippen molar-refractivity contribution in [3.63, 3.8) is 0 Å². The van der Waals surface area contributed by atoms with Crippen molar-refractivity contribution in [1.82, 2.24) is 5.32 Å². The Morgan fingerprint density at radius 3 is 2.25 bits per heavy atom. The van der Waals surface area contributed by atoms with Gasteiger partial charge in [-0.05, 0) is 55.7 Å². The predicted molar refractivity (Wildman–Crippen MR) is 136 cm³/mol. The Hall–Kier alpha value is -4.01. The molecule has 0 bridgehead atoms. The van der Waals surface area contributed by atoms with E-state index in [1.54, 1.807) is 36.4 Å². The maximum absolute atomic E-state index is 13.3. The van der Waals surface area contributed by atoms with Crippen molar-refractivity contribution in [2.75, 3.05) is 31.8 Å². The van der Waals surface area contributed by atoms with E-state index < -0.39 is 17.8 Å². The first kappa shape index (κ1) is 26.6. The van der Waals surface area contributed by atoms with Crippen molar-refractivity contribution in [2.45, 2.75) is 40.0 Å². The number of hydrogen-bond donors (Lipinski definition) is 1. The third-order valence-corrected chi connectivity index (χ3v) is 5.30. The Kier molecular flexibility index (Phi) is 9.32. The molecule has 9 nitrogen and oxygen atoms in total. The maximum Gasteiger partial charge on any atom is 0.335 e. The number of urea groups is 1. The zero-order chi connectivity index (χ0) is 26.1. The number of barbiturate groups is 1.